The highest BCUT2D eigenvalue weighted by atomic mass is 16.5. The number of aliphatic hydroxyl groups excluding tert-OH is 1. The predicted octanol–water partition coefficient (Wildman–Crippen LogP) is 3.41. The van der Waals surface area contributed by atoms with Crippen LogP contribution in [-0.4, -0.2) is 23.7 Å². The zero-order chi connectivity index (χ0) is 16.8. The van der Waals surface area contributed by atoms with Crippen molar-refractivity contribution in [2.24, 2.45) is 5.92 Å². The second-order valence-electron chi connectivity index (χ2n) is 6.17. The lowest BCUT2D eigenvalue weighted by atomic mass is 10.1. The zero-order valence-electron chi connectivity index (χ0n) is 13.7. The van der Waals surface area contributed by atoms with Crippen LogP contribution in [0.4, 0.5) is 5.69 Å². The van der Waals surface area contributed by atoms with Crippen molar-refractivity contribution < 1.29 is 14.6 Å². The zero-order valence-corrected chi connectivity index (χ0v) is 13.7. The highest BCUT2D eigenvalue weighted by molar-refractivity contribution is 5.94. The average Bonchev–Trinajstić information content (AvgIpc) is 3.03. The Labute approximate surface area is 142 Å². The first-order valence-corrected chi connectivity index (χ1v) is 8.49. The summed E-state index contributed by atoms with van der Waals surface area (Å²) in [5, 5.41) is 12.8. The van der Waals surface area contributed by atoms with Crippen molar-refractivity contribution in [2.75, 3.05) is 11.9 Å². The molecule has 1 amide bonds. The van der Waals surface area contributed by atoms with E-state index in [0.29, 0.717) is 24.5 Å². The van der Waals surface area contributed by atoms with E-state index in [0.717, 1.165) is 19.3 Å². The Balaban J connectivity index is 1.59. The molecule has 2 aromatic rings. The first-order chi connectivity index (χ1) is 11.7. The van der Waals surface area contributed by atoms with Gasteiger partial charge in [0.2, 0.25) is 5.91 Å². The van der Waals surface area contributed by atoms with Gasteiger partial charge in [-0.05, 0) is 37.0 Å². The summed E-state index contributed by atoms with van der Waals surface area (Å²) in [5.74, 6) is 0.218. The van der Waals surface area contributed by atoms with Crippen LogP contribution >= 0.6 is 0 Å². The van der Waals surface area contributed by atoms with Crippen LogP contribution in [0.5, 0.6) is 5.75 Å². The van der Waals surface area contributed by atoms with Gasteiger partial charge in [0.15, 0.2) is 0 Å². The normalized spacial score (nSPS) is 19.9. The minimum atomic E-state index is -0.531. The SMILES string of the molecule is O=C(Nc1ccccc1OCCc1ccccc1)C1CCCC1O. The molecule has 1 aliphatic rings. The number of anilines is 1. The molecule has 0 heterocycles. The number of carbonyl (C=O) groups is 1. The van der Waals surface area contributed by atoms with Gasteiger partial charge in [0.05, 0.1) is 24.3 Å². The first kappa shape index (κ1) is 16.5. The second kappa shape index (κ2) is 7.97. The summed E-state index contributed by atoms with van der Waals surface area (Å²) in [6.45, 7) is 0.545. The Morgan fingerprint density at radius 1 is 1.08 bits per heavy atom. The molecule has 4 heteroatoms. The molecule has 2 N–H and O–H groups in total. The van der Waals surface area contributed by atoms with Gasteiger partial charge in [-0.1, -0.05) is 42.5 Å². The lowest BCUT2D eigenvalue weighted by molar-refractivity contribution is -0.122. The number of carbonyl (C=O) groups excluding carboxylic acids is 1. The number of aliphatic hydroxyl groups is 1. The fourth-order valence-electron chi connectivity index (χ4n) is 3.09. The molecule has 0 radical (unpaired) electrons. The Kier molecular flexibility index (Phi) is 5.49. The summed E-state index contributed by atoms with van der Waals surface area (Å²) in [6.07, 6.45) is 2.62. The minimum Gasteiger partial charge on any atom is -0.491 e. The molecular weight excluding hydrogens is 302 g/mol. The highest BCUT2D eigenvalue weighted by Gasteiger charge is 2.31. The summed E-state index contributed by atoms with van der Waals surface area (Å²) in [7, 11) is 0. The number of amides is 1. The monoisotopic (exact) mass is 325 g/mol. The maximum atomic E-state index is 12.3. The third kappa shape index (κ3) is 4.15. The summed E-state index contributed by atoms with van der Waals surface area (Å²) in [5.41, 5.74) is 1.88. The molecular formula is C20H23NO3. The predicted molar refractivity (Wildman–Crippen MR) is 94.1 cm³/mol. The van der Waals surface area contributed by atoms with Crippen molar-refractivity contribution in [3.8, 4) is 5.75 Å². The molecule has 1 fully saturated rings. The maximum absolute atomic E-state index is 12.3. The van der Waals surface area contributed by atoms with Crippen LogP contribution in [0.2, 0.25) is 0 Å². The van der Waals surface area contributed by atoms with Gasteiger partial charge in [0.25, 0.3) is 0 Å². The molecule has 0 aromatic heterocycles. The van der Waals surface area contributed by atoms with Crippen molar-refractivity contribution in [2.45, 2.75) is 31.8 Å². The van der Waals surface area contributed by atoms with E-state index in [4.69, 9.17) is 4.74 Å². The van der Waals surface area contributed by atoms with Crippen molar-refractivity contribution in [1.82, 2.24) is 0 Å². The number of hydrogen-bond donors (Lipinski definition) is 2. The van der Waals surface area contributed by atoms with Crippen LogP contribution < -0.4 is 10.1 Å². The molecule has 24 heavy (non-hydrogen) atoms. The van der Waals surface area contributed by atoms with Crippen LogP contribution in [0.25, 0.3) is 0 Å². The van der Waals surface area contributed by atoms with E-state index in [-0.39, 0.29) is 11.8 Å². The minimum absolute atomic E-state index is 0.126. The van der Waals surface area contributed by atoms with Gasteiger partial charge in [-0.15, -0.1) is 0 Å². The van der Waals surface area contributed by atoms with E-state index in [1.807, 2.05) is 42.5 Å². The lowest BCUT2D eigenvalue weighted by Crippen LogP contribution is -2.28. The topological polar surface area (TPSA) is 58.6 Å². The molecule has 1 aliphatic carbocycles. The van der Waals surface area contributed by atoms with Crippen molar-refractivity contribution in [3.63, 3.8) is 0 Å². The smallest absolute Gasteiger partial charge is 0.230 e. The molecule has 1 saturated carbocycles. The number of benzene rings is 2. The molecule has 2 aromatic carbocycles. The molecule has 0 spiro atoms. The van der Waals surface area contributed by atoms with Gasteiger partial charge in [-0.2, -0.15) is 0 Å². The molecule has 0 bridgehead atoms. The molecule has 2 atom stereocenters. The average molecular weight is 325 g/mol. The van der Waals surface area contributed by atoms with E-state index in [9.17, 15) is 9.90 Å². The number of ether oxygens (including phenoxy) is 1. The van der Waals surface area contributed by atoms with Crippen molar-refractivity contribution in [3.05, 3.63) is 60.2 Å². The lowest BCUT2D eigenvalue weighted by Gasteiger charge is -2.17. The van der Waals surface area contributed by atoms with E-state index >= 15 is 0 Å². The van der Waals surface area contributed by atoms with Crippen LogP contribution in [0.15, 0.2) is 54.6 Å². The molecule has 3 rings (SSSR count). The van der Waals surface area contributed by atoms with Gasteiger partial charge in [0.1, 0.15) is 5.75 Å². The van der Waals surface area contributed by atoms with E-state index in [1.165, 1.54) is 5.56 Å². The van der Waals surface area contributed by atoms with Gasteiger partial charge in [-0.3, -0.25) is 4.79 Å². The fraction of sp³-hybridized carbons (Fsp3) is 0.350. The largest absolute Gasteiger partial charge is 0.491 e. The van der Waals surface area contributed by atoms with Gasteiger partial charge < -0.3 is 15.2 Å². The Morgan fingerprint density at radius 2 is 1.83 bits per heavy atom. The quantitative estimate of drug-likeness (QED) is 0.856. The third-order valence-electron chi connectivity index (χ3n) is 4.45. The summed E-state index contributed by atoms with van der Waals surface area (Å²) >= 11 is 0. The fourth-order valence-corrected chi connectivity index (χ4v) is 3.09. The van der Waals surface area contributed by atoms with E-state index in [1.54, 1.807) is 0 Å². The molecule has 126 valence electrons. The summed E-state index contributed by atoms with van der Waals surface area (Å²) in [6, 6.07) is 17.6. The number of rotatable bonds is 6. The number of hydrogen-bond acceptors (Lipinski definition) is 3. The van der Waals surface area contributed by atoms with Crippen molar-refractivity contribution >= 4 is 11.6 Å². The summed E-state index contributed by atoms with van der Waals surface area (Å²) in [4.78, 5) is 12.3. The summed E-state index contributed by atoms with van der Waals surface area (Å²) < 4.78 is 5.85. The molecule has 0 saturated heterocycles. The molecule has 0 aliphatic heterocycles. The van der Waals surface area contributed by atoms with Gasteiger partial charge in [0, 0.05) is 6.42 Å². The van der Waals surface area contributed by atoms with E-state index in [2.05, 4.69) is 17.4 Å². The van der Waals surface area contributed by atoms with Gasteiger partial charge in [-0.25, -0.2) is 0 Å². The van der Waals surface area contributed by atoms with Crippen molar-refractivity contribution in [1.29, 1.82) is 0 Å². The highest BCUT2D eigenvalue weighted by Crippen LogP contribution is 2.29. The second-order valence-corrected chi connectivity index (χ2v) is 6.17. The third-order valence-corrected chi connectivity index (χ3v) is 4.45. The van der Waals surface area contributed by atoms with Gasteiger partial charge >= 0.3 is 0 Å². The first-order valence-electron chi connectivity index (χ1n) is 8.49. The standard InChI is InChI=1S/C20H23NO3/c22-18-11-6-9-16(18)20(23)21-17-10-4-5-12-19(17)24-14-13-15-7-2-1-3-8-15/h1-5,7-8,10,12,16,18,22H,6,9,11,13-14H2,(H,21,23). The Morgan fingerprint density at radius 3 is 2.58 bits per heavy atom. The molecule has 4 nitrogen and oxygen atoms in total. The van der Waals surface area contributed by atoms with Crippen LogP contribution in [-0.2, 0) is 11.2 Å². The number of nitrogens with one attached hydrogen (secondary N) is 1. The van der Waals surface area contributed by atoms with Crippen LogP contribution in [0.1, 0.15) is 24.8 Å². The maximum Gasteiger partial charge on any atom is 0.230 e. The Hall–Kier alpha value is -2.33. The van der Waals surface area contributed by atoms with Crippen LogP contribution in [0.3, 0.4) is 0 Å². The Bertz CT molecular complexity index is 672. The molecule has 2 unspecified atom stereocenters. The van der Waals surface area contributed by atoms with E-state index < -0.39 is 6.10 Å². The number of para-hydroxylation sites is 2. The van der Waals surface area contributed by atoms with Crippen LogP contribution in [0, 0.1) is 5.92 Å².